The quantitative estimate of drug-likeness (QED) is 0.878. The summed E-state index contributed by atoms with van der Waals surface area (Å²) in [6.07, 6.45) is -4.68. The van der Waals surface area contributed by atoms with Crippen molar-refractivity contribution in [3.8, 4) is 5.75 Å². The van der Waals surface area contributed by atoms with Crippen LogP contribution in [-0.2, 0) is 0 Å². The number of ether oxygens (including phenoxy) is 1. The van der Waals surface area contributed by atoms with E-state index < -0.39 is 6.36 Å². The molecule has 0 aliphatic heterocycles. The summed E-state index contributed by atoms with van der Waals surface area (Å²) >= 11 is 1.11. The third-order valence-electron chi connectivity index (χ3n) is 1.61. The van der Waals surface area contributed by atoms with Gasteiger partial charge >= 0.3 is 6.36 Å². The lowest BCUT2D eigenvalue weighted by Gasteiger charge is -2.07. The molecule has 8 heteroatoms. The summed E-state index contributed by atoms with van der Waals surface area (Å²) < 4.78 is 40.0. The second kappa shape index (κ2) is 4.46. The highest BCUT2D eigenvalue weighted by Gasteiger charge is 2.31. The number of rotatable bonds is 1. The van der Waals surface area contributed by atoms with Gasteiger partial charge in [0.15, 0.2) is 5.13 Å². The molecule has 0 saturated carbocycles. The maximum absolute atomic E-state index is 11.9. The third kappa shape index (κ3) is 2.99. The number of thiazole rings is 1. The van der Waals surface area contributed by atoms with Crippen LogP contribution in [0.4, 0.5) is 18.3 Å². The molecule has 3 nitrogen and oxygen atoms in total. The minimum absolute atomic E-state index is 0. The minimum Gasteiger partial charge on any atom is -0.406 e. The van der Waals surface area contributed by atoms with E-state index in [-0.39, 0.29) is 22.7 Å². The van der Waals surface area contributed by atoms with Gasteiger partial charge in [-0.15, -0.1) is 30.2 Å². The van der Waals surface area contributed by atoms with E-state index in [1.807, 2.05) is 0 Å². The van der Waals surface area contributed by atoms with E-state index in [0.29, 0.717) is 15.3 Å². The molecule has 0 unspecified atom stereocenters. The molecule has 2 N–H and O–H groups in total. The van der Waals surface area contributed by atoms with E-state index in [9.17, 15) is 13.2 Å². The monoisotopic (exact) mass is 314 g/mol. The second-order valence-electron chi connectivity index (χ2n) is 2.73. The molecule has 2 aromatic rings. The molecule has 2 rings (SSSR count). The SMILES string of the molecule is Br.Nc1nc2ccc(OC(F)(F)F)cc2s1. The van der Waals surface area contributed by atoms with Crippen LogP contribution >= 0.6 is 28.3 Å². The fraction of sp³-hybridized carbons (Fsp3) is 0.125. The molecule has 1 aromatic heterocycles. The molecule has 16 heavy (non-hydrogen) atoms. The molecule has 88 valence electrons. The fourth-order valence-electron chi connectivity index (χ4n) is 1.12. The predicted molar refractivity (Wildman–Crippen MR) is 61.0 cm³/mol. The van der Waals surface area contributed by atoms with Crippen LogP contribution in [0, 0.1) is 0 Å². The lowest BCUT2D eigenvalue weighted by molar-refractivity contribution is -0.274. The number of nitrogen functional groups attached to an aromatic ring is 1. The van der Waals surface area contributed by atoms with Crippen LogP contribution in [-0.4, -0.2) is 11.3 Å². The lowest BCUT2D eigenvalue weighted by Crippen LogP contribution is -2.16. The van der Waals surface area contributed by atoms with E-state index in [1.165, 1.54) is 18.2 Å². The highest BCUT2D eigenvalue weighted by molar-refractivity contribution is 8.93. The van der Waals surface area contributed by atoms with Gasteiger partial charge in [0.2, 0.25) is 0 Å². The zero-order valence-corrected chi connectivity index (χ0v) is 10.1. The zero-order chi connectivity index (χ0) is 11.1. The van der Waals surface area contributed by atoms with Crippen LogP contribution in [0.25, 0.3) is 10.2 Å². The Morgan fingerprint density at radius 3 is 2.62 bits per heavy atom. The summed E-state index contributed by atoms with van der Waals surface area (Å²) in [7, 11) is 0. The first kappa shape index (κ1) is 13.0. The van der Waals surface area contributed by atoms with Crippen molar-refractivity contribution < 1.29 is 17.9 Å². The molecule has 0 spiro atoms. The van der Waals surface area contributed by atoms with Crippen LogP contribution < -0.4 is 10.5 Å². The molecule has 0 amide bonds. The van der Waals surface area contributed by atoms with E-state index >= 15 is 0 Å². The molecular weight excluding hydrogens is 309 g/mol. The Bertz CT molecular complexity index is 499. The van der Waals surface area contributed by atoms with Gasteiger partial charge in [0, 0.05) is 6.07 Å². The Hall–Kier alpha value is -1.02. The number of halogens is 4. The molecule has 0 aliphatic rings. The summed E-state index contributed by atoms with van der Waals surface area (Å²) in [6, 6.07) is 3.90. The average molecular weight is 315 g/mol. The van der Waals surface area contributed by atoms with Gasteiger partial charge in [-0.2, -0.15) is 0 Å². The molecule has 0 atom stereocenters. The Morgan fingerprint density at radius 2 is 2.00 bits per heavy atom. The minimum atomic E-state index is -4.68. The number of nitrogens with zero attached hydrogens (tertiary/aromatic N) is 1. The van der Waals surface area contributed by atoms with E-state index in [1.54, 1.807) is 0 Å². The average Bonchev–Trinajstić information content (AvgIpc) is 2.40. The summed E-state index contributed by atoms with van der Waals surface area (Å²) in [5.41, 5.74) is 5.97. The molecule has 0 bridgehead atoms. The number of benzene rings is 1. The van der Waals surface area contributed by atoms with Crippen molar-refractivity contribution in [2.24, 2.45) is 0 Å². The first-order valence-corrected chi connectivity index (χ1v) is 4.67. The second-order valence-corrected chi connectivity index (χ2v) is 3.79. The smallest absolute Gasteiger partial charge is 0.406 e. The number of fused-ring (bicyclic) bond motifs is 1. The predicted octanol–water partition coefficient (Wildman–Crippen LogP) is 3.36. The number of alkyl halides is 3. The van der Waals surface area contributed by atoms with Gasteiger partial charge in [-0.05, 0) is 12.1 Å². The number of aromatic nitrogens is 1. The van der Waals surface area contributed by atoms with Gasteiger partial charge in [-0.3, -0.25) is 0 Å². The van der Waals surface area contributed by atoms with Crippen molar-refractivity contribution in [2.75, 3.05) is 5.73 Å². The first-order chi connectivity index (χ1) is 6.94. The first-order valence-electron chi connectivity index (χ1n) is 3.86. The van der Waals surface area contributed by atoms with Crippen molar-refractivity contribution in [3.63, 3.8) is 0 Å². The molecule has 0 aliphatic carbocycles. The molecular formula is C8H6BrF3N2OS. The normalized spacial score (nSPS) is 11.2. The molecule has 0 radical (unpaired) electrons. The molecule has 0 fully saturated rings. The van der Waals surface area contributed by atoms with Gasteiger partial charge in [0.05, 0.1) is 10.2 Å². The number of hydrogen-bond donors (Lipinski definition) is 1. The van der Waals surface area contributed by atoms with Gasteiger partial charge in [0.1, 0.15) is 5.75 Å². The van der Waals surface area contributed by atoms with E-state index in [0.717, 1.165) is 11.3 Å². The third-order valence-corrected chi connectivity index (χ3v) is 2.46. The zero-order valence-electron chi connectivity index (χ0n) is 7.62. The summed E-state index contributed by atoms with van der Waals surface area (Å²) in [6.45, 7) is 0. The maximum Gasteiger partial charge on any atom is 0.573 e. The number of hydrogen-bond acceptors (Lipinski definition) is 4. The van der Waals surface area contributed by atoms with Crippen LogP contribution in [0.3, 0.4) is 0 Å². The van der Waals surface area contributed by atoms with Crippen LogP contribution in [0.5, 0.6) is 5.75 Å². The fourth-order valence-corrected chi connectivity index (χ4v) is 1.88. The van der Waals surface area contributed by atoms with Crippen LogP contribution in [0.1, 0.15) is 0 Å². The Labute approximate surface area is 103 Å². The molecule has 1 heterocycles. The van der Waals surface area contributed by atoms with E-state index in [2.05, 4.69) is 9.72 Å². The van der Waals surface area contributed by atoms with Crippen LogP contribution in [0.2, 0.25) is 0 Å². The number of anilines is 1. The lowest BCUT2D eigenvalue weighted by atomic mass is 10.3. The van der Waals surface area contributed by atoms with Crippen molar-refractivity contribution >= 4 is 43.7 Å². The van der Waals surface area contributed by atoms with Gasteiger partial charge < -0.3 is 10.5 Å². The van der Waals surface area contributed by atoms with Crippen molar-refractivity contribution in [2.45, 2.75) is 6.36 Å². The van der Waals surface area contributed by atoms with Crippen LogP contribution in [0.15, 0.2) is 18.2 Å². The van der Waals surface area contributed by atoms with Gasteiger partial charge in [0.25, 0.3) is 0 Å². The summed E-state index contributed by atoms with van der Waals surface area (Å²) in [5, 5.41) is 0.314. The highest BCUT2D eigenvalue weighted by Crippen LogP contribution is 2.30. The highest BCUT2D eigenvalue weighted by atomic mass is 79.9. The standard InChI is InChI=1S/C8H5F3N2OS.BrH/c9-8(10,11)14-4-1-2-5-6(3-4)15-7(12)13-5;/h1-3H,(H2,12,13);1H. The summed E-state index contributed by atoms with van der Waals surface area (Å²) in [5.74, 6) is -0.265. The largest absolute Gasteiger partial charge is 0.573 e. The van der Waals surface area contributed by atoms with Crippen molar-refractivity contribution in [3.05, 3.63) is 18.2 Å². The Morgan fingerprint density at radius 1 is 1.31 bits per heavy atom. The topological polar surface area (TPSA) is 48.1 Å². The summed E-state index contributed by atoms with van der Waals surface area (Å²) in [4.78, 5) is 3.91. The molecule has 0 saturated heterocycles. The van der Waals surface area contributed by atoms with Gasteiger partial charge in [-0.1, -0.05) is 11.3 Å². The van der Waals surface area contributed by atoms with E-state index in [4.69, 9.17) is 5.73 Å². The van der Waals surface area contributed by atoms with Crippen molar-refractivity contribution in [1.82, 2.24) is 4.98 Å². The Kier molecular flexibility index (Phi) is 3.64. The van der Waals surface area contributed by atoms with Gasteiger partial charge in [-0.25, -0.2) is 4.98 Å². The number of nitrogens with two attached hydrogens (primary N) is 1. The Balaban J connectivity index is 0.00000128. The maximum atomic E-state index is 11.9. The molecule has 1 aromatic carbocycles. The van der Waals surface area contributed by atoms with Crippen molar-refractivity contribution in [1.29, 1.82) is 0 Å².